The average Bonchev–Trinajstić information content (AvgIpc) is 3.07. The quantitative estimate of drug-likeness (QED) is 0.812. The number of hydrogen-bond acceptors (Lipinski definition) is 5. The van der Waals surface area contributed by atoms with E-state index in [1.807, 2.05) is 42.0 Å². The Morgan fingerprint density at radius 2 is 2.20 bits per heavy atom. The second kappa shape index (κ2) is 8.02. The van der Waals surface area contributed by atoms with Crippen LogP contribution in [0, 0.1) is 6.92 Å². The van der Waals surface area contributed by atoms with Crippen molar-refractivity contribution in [2.24, 2.45) is 0 Å². The Kier molecular flexibility index (Phi) is 5.55. The van der Waals surface area contributed by atoms with Gasteiger partial charge in [0.2, 0.25) is 5.91 Å². The van der Waals surface area contributed by atoms with Crippen LogP contribution in [0.4, 0.5) is 5.69 Å². The zero-order valence-electron chi connectivity index (χ0n) is 14.7. The Labute approximate surface area is 148 Å². The SMILES string of the molecule is COc1ccc(N2CCN[C@H](C(=O)NCCn3ccnc3C)C2)cc1. The van der Waals surface area contributed by atoms with Gasteiger partial charge >= 0.3 is 0 Å². The predicted molar refractivity (Wildman–Crippen MR) is 97.0 cm³/mol. The second-order valence-corrected chi connectivity index (χ2v) is 6.11. The highest BCUT2D eigenvalue weighted by Gasteiger charge is 2.25. The van der Waals surface area contributed by atoms with Gasteiger partial charge < -0.3 is 24.8 Å². The third-order valence-electron chi connectivity index (χ3n) is 4.51. The molecule has 1 saturated heterocycles. The second-order valence-electron chi connectivity index (χ2n) is 6.11. The molecule has 2 N–H and O–H groups in total. The third kappa shape index (κ3) is 4.30. The number of nitrogens with one attached hydrogen (secondary N) is 2. The maximum Gasteiger partial charge on any atom is 0.239 e. The van der Waals surface area contributed by atoms with Crippen LogP contribution in [0.3, 0.4) is 0 Å². The normalized spacial score (nSPS) is 17.4. The van der Waals surface area contributed by atoms with Crippen LogP contribution < -0.4 is 20.3 Å². The number of aryl methyl sites for hydroxylation is 1. The smallest absolute Gasteiger partial charge is 0.239 e. The van der Waals surface area contributed by atoms with Crippen molar-refractivity contribution < 1.29 is 9.53 Å². The molecule has 1 aromatic carbocycles. The highest BCUT2D eigenvalue weighted by molar-refractivity contribution is 5.82. The first-order valence-electron chi connectivity index (χ1n) is 8.55. The largest absolute Gasteiger partial charge is 0.497 e. The van der Waals surface area contributed by atoms with Crippen LogP contribution in [0.25, 0.3) is 0 Å². The van der Waals surface area contributed by atoms with Gasteiger partial charge in [0.1, 0.15) is 17.6 Å². The average molecular weight is 343 g/mol. The van der Waals surface area contributed by atoms with Crippen molar-refractivity contribution in [1.82, 2.24) is 20.2 Å². The molecule has 1 aliphatic rings. The van der Waals surface area contributed by atoms with Crippen molar-refractivity contribution in [2.75, 3.05) is 38.2 Å². The fraction of sp³-hybridized carbons (Fsp3) is 0.444. The molecular weight excluding hydrogens is 318 g/mol. The van der Waals surface area contributed by atoms with Crippen LogP contribution in [-0.2, 0) is 11.3 Å². The molecule has 7 nitrogen and oxygen atoms in total. The van der Waals surface area contributed by atoms with Crippen molar-refractivity contribution >= 4 is 11.6 Å². The first-order chi connectivity index (χ1) is 12.2. The number of aromatic nitrogens is 2. The Morgan fingerprint density at radius 3 is 2.88 bits per heavy atom. The van der Waals surface area contributed by atoms with E-state index in [0.717, 1.165) is 36.9 Å². The molecule has 0 unspecified atom stereocenters. The van der Waals surface area contributed by atoms with Gasteiger partial charge in [0.25, 0.3) is 0 Å². The monoisotopic (exact) mass is 343 g/mol. The number of imidazole rings is 1. The van der Waals surface area contributed by atoms with E-state index in [1.54, 1.807) is 13.3 Å². The molecule has 1 fully saturated rings. The molecular formula is C18H25N5O2. The van der Waals surface area contributed by atoms with Crippen LogP contribution in [-0.4, -0.2) is 54.8 Å². The molecule has 3 rings (SSSR count). The maximum atomic E-state index is 12.4. The minimum absolute atomic E-state index is 0.0379. The fourth-order valence-electron chi connectivity index (χ4n) is 3.02. The van der Waals surface area contributed by atoms with Gasteiger partial charge in [-0.25, -0.2) is 4.98 Å². The van der Waals surface area contributed by atoms with Crippen molar-refractivity contribution in [3.8, 4) is 5.75 Å². The number of ether oxygens (including phenoxy) is 1. The summed E-state index contributed by atoms with van der Waals surface area (Å²) in [5.74, 6) is 1.83. The molecule has 1 atom stereocenters. The van der Waals surface area contributed by atoms with Gasteiger partial charge in [-0.05, 0) is 31.2 Å². The lowest BCUT2D eigenvalue weighted by Crippen LogP contribution is -2.57. The lowest BCUT2D eigenvalue weighted by molar-refractivity contribution is -0.123. The van der Waals surface area contributed by atoms with Gasteiger partial charge in [-0.15, -0.1) is 0 Å². The van der Waals surface area contributed by atoms with Crippen LogP contribution in [0.2, 0.25) is 0 Å². The number of carbonyl (C=O) groups excluding carboxylic acids is 1. The van der Waals surface area contributed by atoms with Crippen molar-refractivity contribution in [3.63, 3.8) is 0 Å². The van der Waals surface area contributed by atoms with E-state index < -0.39 is 0 Å². The number of amides is 1. The molecule has 0 spiro atoms. The fourth-order valence-corrected chi connectivity index (χ4v) is 3.02. The molecule has 25 heavy (non-hydrogen) atoms. The summed E-state index contributed by atoms with van der Waals surface area (Å²) >= 11 is 0. The van der Waals surface area contributed by atoms with Crippen LogP contribution in [0.5, 0.6) is 5.75 Å². The summed E-state index contributed by atoms with van der Waals surface area (Å²) in [5, 5.41) is 6.31. The minimum atomic E-state index is -0.209. The number of hydrogen-bond donors (Lipinski definition) is 2. The van der Waals surface area contributed by atoms with Crippen molar-refractivity contribution in [3.05, 3.63) is 42.5 Å². The summed E-state index contributed by atoms with van der Waals surface area (Å²) in [6, 6.07) is 7.74. The van der Waals surface area contributed by atoms with Crippen LogP contribution >= 0.6 is 0 Å². The predicted octanol–water partition coefficient (Wildman–Crippen LogP) is 0.795. The molecule has 134 valence electrons. The summed E-state index contributed by atoms with van der Waals surface area (Å²) in [7, 11) is 1.66. The van der Waals surface area contributed by atoms with E-state index in [-0.39, 0.29) is 11.9 Å². The number of carbonyl (C=O) groups is 1. The Morgan fingerprint density at radius 1 is 1.40 bits per heavy atom. The van der Waals surface area contributed by atoms with Crippen LogP contribution in [0.15, 0.2) is 36.7 Å². The lowest BCUT2D eigenvalue weighted by atomic mass is 10.1. The Bertz CT molecular complexity index is 698. The molecule has 1 amide bonds. The first kappa shape index (κ1) is 17.3. The van der Waals surface area contributed by atoms with Crippen LogP contribution in [0.1, 0.15) is 5.82 Å². The van der Waals surface area contributed by atoms with E-state index >= 15 is 0 Å². The summed E-state index contributed by atoms with van der Waals surface area (Å²) < 4.78 is 7.22. The van der Waals surface area contributed by atoms with E-state index in [0.29, 0.717) is 13.1 Å². The maximum absolute atomic E-state index is 12.4. The number of nitrogens with zero attached hydrogens (tertiary/aromatic N) is 3. The third-order valence-corrected chi connectivity index (χ3v) is 4.51. The molecule has 2 aromatic rings. The van der Waals surface area contributed by atoms with Gasteiger partial charge in [0, 0.05) is 50.8 Å². The van der Waals surface area contributed by atoms with E-state index in [2.05, 4.69) is 20.5 Å². The molecule has 0 bridgehead atoms. The molecule has 0 radical (unpaired) electrons. The van der Waals surface area contributed by atoms with E-state index in [4.69, 9.17) is 4.74 Å². The molecule has 1 aromatic heterocycles. The number of methoxy groups -OCH3 is 1. The topological polar surface area (TPSA) is 71.4 Å². The summed E-state index contributed by atoms with van der Waals surface area (Å²) in [5.41, 5.74) is 1.11. The number of rotatable bonds is 6. The Balaban J connectivity index is 1.51. The van der Waals surface area contributed by atoms with Gasteiger partial charge in [0.15, 0.2) is 0 Å². The number of anilines is 1. The van der Waals surface area contributed by atoms with Gasteiger partial charge in [0.05, 0.1) is 7.11 Å². The van der Waals surface area contributed by atoms with E-state index in [9.17, 15) is 4.79 Å². The highest BCUT2D eigenvalue weighted by Crippen LogP contribution is 2.20. The number of benzene rings is 1. The highest BCUT2D eigenvalue weighted by atomic mass is 16.5. The van der Waals surface area contributed by atoms with E-state index in [1.165, 1.54) is 0 Å². The summed E-state index contributed by atoms with van der Waals surface area (Å²) in [4.78, 5) is 18.8. The number of piperazine rings is 1. The minimum Gasteiger partial charge on any atom is -0.497 e. The molecule has 0 saturated carbocycles. The molecule has 7 heteroatoms. The first-order valence-corrected chi connectivity index (χ1v) is 8.55. The van der Waals surface area contributed by atoms with Gasteiger partial charge in [-0.3, -0.25) is 4.79 Å². The lowest BCUT2D eigenvalue weighted by Gasteiger charge is -2.34. The molecule has 2 heterocycles. The standard InChI is InChI=1S/C18H25N5O2/c1-14-19-7-10-22(14)11-9-21-18(24)17-13-23(12-8-20-17)15-3-5-16(25-2)6-4-15/h3-7,10,17,20H,8-9,11-13H2,1-2H3,(H,21,24)/t17-/m0/s1. The molecule has 1 aliphatic heterocycles. The molecule has 0 aliphatic carbocycles. The zero-order chi connectivity index (χ0) is 17.6. The Hall–Kier alpha value is -2.54. The van der Waals surface area contributed by atoms with Crippen molar-refractivity contribution in [1.29, 1.82) is 0 Å². The van der Waals surface area contributed by atoms with Gasteiger partial charge in [-0.2, -0.15) is 0 Å². The zero-order valence-corrected chi connectivity index (χ0v) is 14.7. The summed E-state index contributed by atoms with van der Waals surface area (Å²) in [6.45, 7) is 5.60. The van der Waals surface area contributed by atoms with Crippen molar-refractivity contribution in [2.45, 2.75) is 19.5 Å². The summed E-state index contributed by atoms with van der Waals surface area (Å²) in [6.07, 6.45) is 3.69. The van der Waals surface area contributed by atoms with Gasteiger partial charge in [-0.1, -0.05) is 0 Å².